The van der Waals surface area contributed by atoms with Gasteiger partial charge in [-0.25, -0.2) is 0 Å². The molecule has 28 heavy (non-hydrogen) atoms. The van der Waals surface area contributed by atoms with Gasteiger partial charge in [-0.3, -0.25) is 9.59 Å². The molecular formula is C22H28N2O3S. The van der Waals surface area contributed by atoms with E-state index in [1.165, 1.54) is 11.8 Å². The minimum Gasteiger partial charge on any atom is -0.491 e. The lowest BCUT2D eigenvalue weighted by Crippen LogP contribution is -2.49. The van der Waals surface area contributed by atoms with Crippen LogP contribution in [0.25, 0.3) is 0 Å². The highest BCUT2D eigenvalue weighted by Gasteiger charge is 2.33. The Morgan fingerprint density at radius 3 is 2.71 bits per heavy atom. The Labute approximate surface area is 170 Å². The molecule has 0 N–H and O–H groups in total. The molecule has 1 aromatic heterocycles. The summed E-state index contributed by atoms with van der Waals surface area (Å²) in [5.74, 6) is 0.730. The number of benzene rings is 1. The first kappa shape index (κ1) is 20.4. The highest BCUT2D eigenvalue weighted by molar-refractivity contribution is 7.10. The third-order valence-electron chi connectivity index (χ3n) is 5.24. The molecule has 1 aliphatic rings. The van der Waals surface area contributed by atoms with Crippen molar-refractivity contribution in [1.29, 1.82) is 0 Å². The Morgan fingerprint density at radius 2 is 2.04 bits per heavy atom. The Morgan fingerprint density at radius 1 is 1.29 bits per heavy atom. The summed E-state index contributed by atoms with van der Waals surface area (Å²) in [6, 6.07) is 9.86. The zero-order chi connectivity index (χ0) is 20.3. The summed E-state index contributed by atoms with van der Waals surface area (Å²) in [4.78, 5) is 29.9. The summed E-state index contributed by atoms with van der Waals surface area (Å²) in [5, 5.41) is 2.08. The maximum absolute atomic E-state index is 13.1. The van der Waals surface area contributed by atoms with Crippen molar-refractivity contribution in [2.45, 2.75) is 46.2 Å². The number of thiophene rings is 1. The van der Waals surface area contributed by atoms with Crippen molar-refractivity contribution in [3.8, 4) is 5.75 Å². The smallest absolute Gasteiger partial charge is 0.242 e. The minimum atomic E-state index is -0.136. The van der Waals surface area contributed by atoms with E-state index in [1.807, 2.05) is 49.9 Å². The summed E-state index contributed by atoms with van der Waals surface area (Å²) >= 11 is 1.73. The van der Waals surface area contributed by atoms with Crippen LogP contribution in [0.2, 0.25) is 0 Å². The average Bonchev–Trinajstić information content (AvgIpc) is 3.13. The van der Waals surface area contributed by atoms with Gasteiger partial charge >= 0.3 is 0 Å². The van der Waals surface area contributed by atoms with E-state index < -0.39 is 0 Å². The van der Waals surface area contributed by atoms with Crippen LogP contribution in [-0.2, 0) is 16.0 Å². The second-order valence-electron chi connectivity index (χ2n) is 7.47. The van der Waals surface area contributed by atoms with E-state index in [9.17, 15) is 9.59 Å². The predicted molar refractivity (Wildman–Crippen MR) is 112 cm³/mol. The van der Waals surface area contributed by atoms with E-state index in [-0.39, 0.29) is 30.4 Å². The molecule has 6 heteroatoms. The SMILES string of the molecule is CC(=O)N(CC(=O)N1CCc2sccc2[C@H]1COc1ccccc1C)C(C)C. The number of fused-ring (bicyclic) bond motifs is 1. The number of hydrogen-bond acceptors (Lipinski definition) is 4. The zero-order valence-corrected chi connectivity index (χ0v) is 17.8. The van der Waals surface area contributed by atoms with E-state index in [1.54, 1.807) is 16.2 Å². The largest absolute Gasteiger partial charge is 0.491 e. The standard InChI is InChI=1S/C22H28N2O3S/c1-15(2)24(17(4)25)13-22(26)23-11-9-21-18(10-12-28-21)19(23)14-27-20-8-6-5-7-16(20)3/h5-8,10,12,15,19H,9,11,13-14H2,1-4H3/t19-/m1/s1. The van der Waals surface area contributed by atoms with Crippen molar-refractivity contribution in [3.05, 3.63) is 51.7 Å². The van der Waals surface area contributed by atoms with Crippen LogP contribution in [0.1, 0.15) is 42.8 Å². The maximum atomic E-state index is 13.1. The van der Waals surface area contributed by atoms with E-state index in [0.717, 1.165) is 23.3 Å². The molecule has 3 rings (SSSR count). The molecule has 1 aliphatic heterocycles. The molecule has 2 aromatic rings. The van der Waals surface area contributed by atoms with Gasteiger partial charge in [-0.2, -0.15) is 0 Å². The number of carbonyl (C=O) groups excluding carboxylic acids is 2. The van der Waals surface area contributed by atoms with Crippen molar-refractivity contribution < 1.29 is 14.3 Å². The van der Waals surface area contributed by atoms with Crippen LogP contribution < -0.4 is 4.74 Å². The van der Waals surface area contributed by atoms with Gasteiger partial charge in [-0.15, -0.1) is 11.3 Å². The predicted octanol–water partition coefficient (Wildman–Crippen LogP) is 3.82. The quantitative estimate of drug-likeness (QED) is 0.741. The van der Waals surface area contributed by atoms with Crippen LogP contribution >= 0.6 is 11.3 Å². The zero-order valence-electron chi connectivity index (χ0n) is 17.0. The lowest BCUT2D eigenvalue weighted by atomic mass is 10.00. The van der Waals surface area contributed by atoms with Crippen LogP contribution in [0, 0.1) is 6.92 Å². The normalized spacial score (nSPS) is 16.0. The topological polar surface area (TPSA) is 49.9 Å². The maximum Gasteiger partial charge on any atom is 0.242 e. The first-order valence-electron chi connectivity index (χ1n) is 9.70. The molecule has 2 heterocycles. The van der Waals surface area contributed by atoms with Gasteiger partial charge in [-0.1, -0.05) is 18.2 Å². The number of ether oxygens (including phenoxy) is 1. The fourth-order valence-corrected chi connectivity index (χ4v) is 4.58. The van der Waals surface area contributed by atoms with Crippen LogP contribution in [0.15, 0.2) is 35.7 Å². The van der Waals surface area contributed by atoms with Crippen LogP contribution in [-0.4, -0.2) is 47.4 Å². The molecule has 0 radical (unpaired) electrons. The molecule has 0 unspecified atom stereocenters. The molecule has 0 saturated carbocycles. The summed E-state index contributed by atoms with van der Waals surface area (Å²) in [5.41, 5.74) is 2.24. The summed E-state index contributed by atoms with van der Waals surface area (Å²) in [6.45, 7) is 8.55. The Hall–Kier alpha value is -2.34. The summed E-state index contributed by atoms with van der Waals surface area (Å²) < 4.78 is 6.11. The van der Waals surface area contributed by atoms with E-state index in [0.29, 0.717) is 13.2 Å². The molecule has 1 atom stereocenters. The number of hydrogen-bond donors (Lipinski definition) is 0. The molecule has 0 saturated heterocycles. The molecule has 0 spiro atoms. The van der Waals surface area contributed by atoms with E-state index >= 15 is 0 Å². The first-order valence-corrected chi connectivity index (χ1v) is 10.6. The van der Waals surface area contributed by atoms with Crippen LogP contribution in [0.5, 0.6) is 5.75 Å². The monoisotopic (exact) mass is 400 g/mol. The average molecular weight is 401 g/mol. The lowest BCUT2D eigenvalue weighted by Gasteiger charge is -2.37. The third kappa shape index (κ3) is 4.38. The van der Waals surface area contributed by atoms with E-state index in [2.05, 4.69) is 11.4 Å². The van der Waals surface area contributed by atoms with E-state index in [4.69, 9.17) is 4.74 Å². The first-order chi connectivity index (χ1) is 13.4. The number of aryl methyl sites for hydroxylation is 1. The highest BCUT2D eigenvalue weighted by atomic mass is 32.1. The number of rotatable bonds is 6. The number of carbonyl (C=O) groups is 2. The molecule has 150 valence electrons. The lowest BCUT2D eigenvalue weighted by molar-refractivity contribution is -0.143. The minimum absolute atomic E-state index is 0.00961. The van der Waals surface area contributed by atoms with Crippen molar-refractivity contribution in [1.82, 2.24) is 9.80 Å². The fourth-order valence-electron chi connectivity index (χ4n) is 3.66. The molecule has 0 aliphatic carbocycles. The van der Waals surface area contributed by atoms with Crippen molar-refractivity contribution in [2.75, 3.05) is 19.7 Å². The molecule has 5 nitrogen and oxygen atoms in total. The molecule has 2 amide bonds. The Balaban J connectivity index is 1.80. The van der Waals surface area contributed by atoms with Gasteiger partial charge < -0.3 is 14.5 Å². The van der Waals surface area contributed by atoms with Gasteiger partial charge in [0.15, 0.2) is 0 Å². The summed E-state index contributed by atoms with van der Waals surface area (Å²) in [6.07, 6.45) is 0.849. The van der Waals surface area contributed by atoms with Gasteiger partial charge in [0.1, 0.15) is 12.4 Å². The highest BCUT2D eigenvalue weighted by Crippen LogP contribution is 2.34. The summed E-state index contributed by atoms with van der Waals surface area (Å²) in [7, 11) is 0. The number of amides is 2. The molecule has 0 bridgehead atoms. The molecule has 1 aromatic carbocycles. The van der Waals surface area contributed by atoms with Crippen LogP contribution in [0.3, 0.4) is 0 Å². The number of para-hydroxylation sites is 1. The van der Waals surface area contributed by atoms with Gasteiger partial charge in [0.2, 0.25) is 11.8 Å². The third-order valence-corrected chi connectivity index (χ3v) is 6.24. The second kappa shape index (κ2) is 8.78. The van der Waals surface area contributed by atoms with Crippen LogP contribution in [0.4, 0.5) is 0 Å². The van der Waals surface area contributed by atoms with Gasteiger partial charge in [0.05, 0.1) is 12.6 Å². The molecule has 0 fully saturated rings. The van der Waals surface area contributed by atoms with Crippen molar-refractivity contribution in [3.63, 3.8) is 0 Å². The Bertz CT molecular complexity index is 846. The van der Waals surface area contributed by atoms with Crippen molar-refractivity contribution in [2.24, 2.45) is 0 Å². The molecular weight excluding hydrogens is 372 g/mol. The van der Waals surface area contributed by atoms with Gasteiger partial charge in [-0.05, 0) is 55.8 Å². The van der Waals surface area contributed by atoms with Gasteiger partial charge in [0, 0.05) is 24.4 Å². The van der Waals surface area contributed by atoms with Gasteiger partial charge in [0.25, 0.3) is 0 Å². The number of nitrogens with zero attached hydrogens (tertiary/aromatic N) is 2. The second-order valence-corrected chi connectivity index (χ2v) is 8.47. The fraction of sp³-hybridized carbons (Fsp3) is 0.455. The van der Waals surface area contributed by atoms with Crippen molar-refractivity contribution >= 4 is 23.2 Å². The Kier molecular flexibility index (Phi) is 6.39.